The number of ether oxygens (including phenoxy) is 1. The highest BCUT2D eigenvalue weighted by Gasteiger charge is 2.28. The van der Waals surface area contributed by atoms with Crippen LogP contribution in [-0.2, 0) is 17.8 Å². The summed E-state index contributed by atoms with van der Waals surface area (Å²) >= 11 is 13.3. The number of rotatable bonds is 6. The van der Waals surface area contributed by atoms with Crippen LogP contribution in [0.1, 0.15) is 34.6 Å². The lowest BCUT2D eigenvalue weighted by Crippen LogP contribution is -2.35. The maximum Gasteiger partial charge on any atom is 0.262 e. The summed E-state index contributed by atoms with van der Waals surface area (Å²) < 4.78 is 5.45. The number of anilines is 1. The first kappa shape index (κ1) is 23.8. The summed E-state index contributed by atoms with van der Waals surface area (Å²) in [7, 11) is 0. The summed E-state index contributed by atoms with van der Waals surface area (Å²) in [6, 6.07) is 5.16. The van der Waals surface area contributed by atoms with Crippen molar-refractivity contribution in [1.82, 2.24) is 4.90 Å². The van der Waals surface area contributed by atoms with Gasteiger partial charge in [0.2, 0.25) is 0 Å². The fourth-order valence-electron chi connectivity index (χ4n) is 3.11. The number of hydrogen-bond acceptors (Lipinski definition) is 5. The number of nitrogens with one attached hydrogen (secondary N) is 1. The molecule has 3 rings (SSSR count). The van der Waals surface area contributed by atoms with Gasteiger partial charge in [-0.25, -0.2) is 0 Å². The molecule has 29 heavy (non-hydrogen) atoms. The third kappa shape index (κ3) is 5.55. The molecule has 3 N–H and O–H groups in total. The van der Waals surface area contributed by atoms with Gasteiger partial charge in [0.25, 0.3) is 11.8 Å². The summed E-state index contributed by atoms with van der Waals surface area (Å²) in [6.45, 7) is 5.61. The Morgan fingerprint density at radius 3 is 2.69 bits per heavy atom. The van der Waals surface area contributed by atoms with Gasteiger partial charge in [-0.3, -0.25) is 14.5 Å². The summed E-state index contributed by atoms with van der Waals surface area (Å²) in [6.07, 6.45) is 0.731. The smallest absolute Gasteiger partial charge is 0.262 e. The summed E-state index contributed by atoms with van der Waals surface area (Å²) in [5, 5.41) is 4.03. The third-order valence-electron chi connectivity index (χ3n) is 4.57. The molecular weight excluding hydrogens is 457 g/mol. The van der Waals surface area contributed by atoms with Crippen LogP contribution in [0.4, 0.5) is 5.00 Å². The van der Waals surface area contributed by atoms with Crippen LogP contribution in [0.3, 0.4) is 0 Å². The predicted octanol–water partition coefficient (Wildman–Crippen LogP) is 4.36. The fourth-order valence-corrected chi connectivity index (χ4v) is 4.87. The largest absolute Gasteiger partial charge is 0.482 e. The minimum absolute atomic E-state index is 0. The number of amides is 2. The zero-order valence-electron chi connectivity index (χ0n) is 16.0. The van der Waals surface area contributed by atoms with E-state index in [1.54, 1.807) is 12.1 Å². The van der Waals surface area contributed by atoms with Crippen molar-refractivity contribution in [3.63, 3.8) is 0 Å². The van der Waals surface area contributed by atoms with E-state index >= 15 is 0 Å². The molecule has 2 aromatic rings. The van der Waals surface area contributed by atoms with Crippen LogP contribution < -0.4 is 15.8 Å². The van der Waals surface area contributed by atoms with E-state index < -0.39 is 11.8 Å². The highest BCUT2D eigenvalue weighted by Crippen LogP contribution is 2.37. The first-order valence-corrected chi connectivity index (χ1v) is 10.4. The van der Waals surface area contributed by atoms with E-state index in [9.17, 15) is 9.59 Å². The van der Waals surface area contributed by atoms with E-state index in [2.05, 4.69) is 24.1 Å². The van der Waals surface area contributed by atoms with Crippen molar-refractivity contribution in [2.24, 2.45) is 5.73 Å². The molecule has 2 heterocycles. The molecule has 6 nitrogen and oxygen atoms in total. The Kier molecular flexibility index (Phi) is 8.19. The van der Waals surface area contributed by atoms with Gasteiger partial charge in [-0.15, -0.1) is 23.7 Å². The number of primary amides is 1. The molecular formula is C19H22Cl3N3O3S. The average molecular weight is 479 g/mol. The molecule has 0 unspecified atom stereocenters. The Morgan fingerprint density at radius 1 is 1.34 bits per heavy atom. The number of nitrogens with zero attached hydrogens (tertiary/aromatic N) is 1. The number of halogens is 3. The predicted molar refractivity (Wildman–Crippen MR) is 120 cm³/mol. The highest BCUT2D eigenvalue weighted by molar-refractivity contribution is 7.17. The van der Waals surface area contributed by atoms with Crippen LogP contribution in [0.5, 0.6) is 5.75 Å². The van der Waals surface area contributed by atoms with E-state index in [0.717, 1.165) is 30.0 Å². The Labute approximate surface area is 189 Å². The summed E-state index contributed by atoms with van der Waals surface area (Å²) in [5.41, 5.74) is 6.93. The van der Waals surface area contributed by atoms with E-state index in [4.69, 9.17) is 33.7 Å². The molecule has 2 amide bonds. The van der Waals surface area contributed by atoms with Crippen LogP contribution >= 0.6 is 46.9 Å². The van der Waals surface area contributed by atoms with Crippen LogP contribution in [0.2, 0.25) is 10.0 Å². The number of carbonyl (C=O) groups excluding carboxylic acids is 2. The molecule has 1 aliphatic rings. The van der Waals surface area contributed by atoms with Crippen molar-refractivity contribution in [1.29, 1.82) is 0 Å². The summed E-state index contributed by atoms with van der Waals surface area (Å²) in [5.74, 6) is -0.574. The van der Waals surface area contributed by atoms with Crippen LogP contribution in [0, 0.1) is 0 Å². The molecule has 0 saturated heterocycles. The number of hydrogen-bond donors (Lipinski definition) is 2. The first-order valence-electron chi connectivity index (χ1n) is 8.82. The first-order chi connectivity index (χ1) is 13.3. The van der Waals surface area contributed by atoms with Gasteiger partial charge < -0.3 is 15.8 Å². The van der Waals surface area contributed by atoms with Crippen molar-refractivity contribution in [3.05, 3.63) is 44.2 Å². The maximum absolute atomic E-state index is 12.4. The van der Waals surface area contributed by atoms with Crippen molar-refractivity contribution in [2.75, 3.05) is 18.5 Å². The SMILES string of the molecule is CC(C)N1CCc2c(sc(NC(=O)COc3ccc(Cl)cc3Cl)c2C(N)=O)C1.Cl. The lowest BCUT2D eigenvalue weighted by molar-refractivity contribution is -0.118. The zero-order valence-corrected chi connectivity index (χ0v) is 19.1. The van der Waals surface area contributed by atoms with E-state index in [1.165, 1.54) is 17.4 Å². The molecule has 0 fully saturated rings. The molecule has 0 bridgehead atoms. The normalized spacial score (nSPS) is 13.6. The zero-order chi connectivity index (χ0) is 20.4. The third-order valence-corrected chi connectivity index (χ3v) is 6.23. The Morgan fingerprint density at radius 2 is 2.07 bits per heavy atom. The number of carbonyl (C=O) groups is 2. The molecule has 1 aliphatic heterocycles. The summed E-state index contributed by atoms with van der Waals surface area (Å²) in [4.78, 5) is 27.8. The second-order valence-corrected chi connectivity index (χ2v) is 8.75. The second kappa shape index (κ2) is 10.00. The molecule has 158 valence electrons. The van der Waals surface area contributed by atoms with Crippen molar-refractivity contribution in [2.45, 2.75) is 32.9 Å². The van der Waals surface area contributed by atoms with Gasteiger partial charge in [0.1, 0.15) is 10.8 Å². The minimum Gasteiger partial charge on any atom is -0.482 e. The molecule has 0 radical (unpaired) electrons. The van der Waals surface area contributed by atoms with Gasteiger partial charge >= 0.3 is 0 Å². The number of fused-ring (bicyclic) bond motifs is 1. The van der Waals surface area contributed by atoms with Gasteiger partial charge in [-0.1, -0.05) is 23.2 Å². The van der Waals surface area contributed by atoms with Crippen LogP contribution in [0.25, 0.3) is 0 Å². The lowest BCUT2D eigenvalue weighted by atomic mass is 10.0. The monoisotopic (exact) mass is 477 g/mol. The minimum atomic E-state index is -0.535. The van der Waals surface area contributed by atoms with Crippen molar-refractivity contribution < 1.29 is 14.3 Å². The highest BCUT2D eigenvalue weighted by atomic mass is 35.5. The van der Waals surface area contributed by atoms with Gasteiger partial charge in [0.05, 0.1) is 10.6 Å². The number of thiophene rings is 1. The standard InChI is InChI=1S/C19H21Cl2N3O3S.ClH/c1-10(2)24-6-5-12-15(8-24)28-19(17(12)18(22)26)23-16(25)9-27-14-4-3-11(20)7-13(14)21;/h3-4,7,10H,5-6,8-9H2,1-2H3,(H2,22,26)(H,23,25);1H. The van der Waals surface area contributed by atoms with Gasteiger partial charge in [-0.05, 0) is 44.0 Å². The van der Waals surface area contributed by atoms with Crippen molar-refractivity contribution in [3.8, 4) is 5.75 Å². The molecule has 0 saturated carbocycles. The number of benzene rings is 1. The maximum atomic E-state index is 12.4. The van der Waals surface area contributed by atoms with Crippen LogP contribution in [-0.4, -0.2) is 35.9 Å². The second-order valence-electron chi connectivity index (χ2n) is 6.80. The van der Waals surface area contributed by atoms with E-state index in [1.807, 2.05) is 0 Å². The van der Waals surface area contributed by atoms with Gasteiger partial charge in [0.15, 0.2) is 6.61 Å². The van der Waals surface area contributed by atoms with Crippen molar-refractivity contribution >= 4 is 63.8 Å². The molecule has 0 aliphatic carbocycles. The molecule has 1 aromatic heterocycles. The Bertz CT molecular complexity index is 918. The Balaban J connectivity index is 0.00000300. The molecule has 10 heteroatoms. The van der Waals surface area contributed by atoms with Gasteiger partial charge in [-0.2, -0.15) is 0 Å². The molecule has 0 spiro atoms. The molecule has 1 aromatic carbocycles. The fraction of sp³-hybridized carbons (Fsp3) is 0.368. The quantitative estimate of drug-likeness (QED) is 0.646. The topological polar surface area (TPSA) is 84.7 Å². The number of nitrogens with two attached hydrogens (primary N) is 1. The lowest BCUT2D eigenvalue weighted by Gasteiger charge is -2.30. The van der Waals surface area contributed by atoms with E-state index in [0.29, 0.717) is 32.4 Å². The molecule has 0 atom stereocenters. The average Bonchev–Trinajstić information content (AvgIpc) is 2.97. The van der Waals surface area contributed by atoms with Crippen LogP contribution in [0.15, 0.2) is 18.2 Å². The van der Waals surface area contributed by atoms with Gasteiger partial charge in [0, 0.05) is 29.0 Å². The Hall–Kier alpha value is -1.51. The van der Waals surface area contributed by atoms with E-state index in [-0.39, 0.29) is 19.0 Å².